The lowest BCUT2D eigenvalue weighted by Gasteiger charge is -2.37. The number of piperidine rings is 1. The van der Waals surface area contributed by atoms with Gasteiger partial charge in [-0.2, -0.15) is 0 Å². The van der Waals surface area contributed by atoms with Gasteiger partial charge in [0.2, 0.25) is 11.8 Å². The highest BCUT2D eigenvalue weighted by Crippen LogP contribution is 2.38. The first-order chi connectivity index (χ1) is 11.1. The minimum absolute atomic E-state index is 0.0825. The molecule has 5 nitrogen and oxygen atoms in total. The number of hydrogen-bond donors (Lipinski definition) is 1. The quantitative estimate of drug-likeness (QED) is 0.941. The molecule has 2 aromatic heterocycles. The fourth-order valence-electron chi connectivity index (χ4n) is 2.98. The summed E-state index contributed by atoms with van der Waals surface area (Å²) in [7, 11) is 1.77. The number of anilines is 1. The van der Waals surface area contributed by atoms with Crippen LogP contribution in [0.25, 0.3) is 0 Å². The van der Waals surface area contributed by atoms with Crippen molar-refractivity contribution in [3.05, 3.63) is 46.3 Å². The van der Waals surface area contributed by atoms with Gasteiger partial charge in [0.15, 0.2) is 0 Å². The molecule has 3 rings (SSSR count). The van der Waals surface area contributed by atoms with Crippen molar-refractivity contribution >= 4 is 29.0 Å². The molecule has 0 spiro atoms. The number of pyridine rings is 1. The van der Waals surface area contributed by atoms with Gasteiger partial charge in [0.25, 0.3) is 0 Å². The monoisotopic (exact) mass is 329 g/mol. The Hall–Kier alpha value is -2.21. The predicted molar refractivity (Wildman–Crippen MR) is 90.2 cm³/mol. The van der Waals surface area contributed by atoms with Gasteiger partial charge in [-0.05, 0) is 42.5 Å². The lowest BCUT2D eigenvalue weighted by atomic mass is 9.87. The summed E-state index contributed by atoms with van der Waals surface area (Å²) in [6.45, 7) is 1.96. The molecule has 2 aromatic rings. The Balaban J connectivity index is 1.84. The molecular weight excluding hydrogens is 310 g/mol. The summed E-state index contributed by atoms with van der Waals surface area (Å²) in [5, 5.41) is 4.87. The van der Waals surface area contributed by atoms with Crippen LogP contribution >= 0.6 is 11.3 Å². The number of hydrogen-bond acceptors (Lipinski definition) is 4. The normalized spacial score (nSPS) is 21.3. The Morgan fingerprint density at radius 2 is 2.26 bits per heavy atom. The summed E-state index contributed by atoms with van der Waals surface area (Å²) in [4.78, 5) is 31.7. The summed E-state index contributed by atoms with van der Waals surface area (Å²) in [5.41, 5.74) is 1.04. The number of carbonyl (C=O) groups excluding carboxylic acids is 2. The molecule has 1 saturated heterocycles. The number of likely N-dealkylation sites (tertiary alicyclic amines) is 1. The Morgan fingerprint density at radius 1 is 1.43 bits per heavy atom. The molecule has 1 aliphatic rings. The molecule has 23 heavy (non-hydrogen) atoms. The van der Waals surface area contributed by atoms with Crippen molar-refractivity contribution in [3.63, 3.8) is 0 Å². The van der Waals surface area contributed by atoms with E-state index < -0.39 is 0 Å². The molecule has 0 bridgehead atoms. The van der Waals surface area contributed by atoms with E-state index in [4.69, 9.17) is 0 Å². The van der Waals surface area contributed by atoms with Gasteiger partial charge in [-0.3, -0.25) is 9.59 Å². The van der Waals surface area contributed by atoms with Crippen LogP contribution in [-0.2, 0) is 9.59 Å². The number of nitrogens with zero attached hydrogens (tertiary/aromatic N) is 2. The second kappa shape index (κ2) is 6.50. The van der Waals surface area contributed by atoms with Gasteiger partial charge in [-0.25, -0.2) is 4.98 Å². The maximum Gasteiger partial charge on any atom is 0.231 e. The van der Waals surface area contributed by atoms with Gasteiger partial charge in [-0.15, -0.1) is 11.3 Å². The molecular formula is C17H19N3O2S. The van der Waals surface area contributed by atoms with Crippen molar-refractivity contribution in [2.45, 2.75) is 25.8 Å². The first-order valence-corrected chi connectivity index (χ1v) is 8.47. The van der Waals surface area contributed by atoms with Crippen LogP contribution in [-0.4, -0.2) is 28.7 Å². The van der Waals surface area contributed by atoms with Crippen molar-refractivity contribution < 1.29 is 9.59 Å². The van der Waals surface area contributed by atoms with Gasteiger partial charge in [0.05, 0.1) is 12.0 Å². The smallest absolute Gasteiger partial charge is 0.231 e. The summed E-state index contributed by atoms with van der Waals surface area (Å²) >= 11 is 1.58. The third-order valence-corrected chi connectivity index (χ3v) is 5.14. The van der Waals surface area contributed by atoms with Crippen LogP contribution < -0.4 is 5.32 Å². The van der Waals surface area contributed by atoms with Crippen LogP contribution in [0.15, 0.2) is 35.8 Å². The van der Waals surface area contributed by atoms with Gasteiger partial charge < -0.3 is 10.2 Å². The summed E-state index contributed by atoms with van der Waals surface area (Å²) in [6, 6.07) is 7.45. The van der Waals surface area contributed by atoms with Crippen LogP contribution in [0.1, 0.15) is 29.3 Å². The average Bonchev–Trinajstić information content (AvgIpc) is 3.03. The van der Waals surface area contributed by atoms with Crippen molar-refractivity contribution in [2.24, 2.45) is 5.92 Å². The molecule has 1 aliphatic heterocycles. The zero-order valence-electron chi connectivity index (χ0n) is 13.2. The fourth-order valence-corrected chi connectivity index (χ4v) is 3.92. The molecule has 3 heterocycles. The zero-order chi connectivity index (χ0) is 16.4. The van der Waals surface area contributed by atoms with E-state index in [-0.39, 0.29) is 23.8 Å². The van der Waals surface area contributed by atoms with E-state index in [1.54, 1.807) is 29.5 Å². The van der Waals surface area contributed by atoms with E-state index in [1.165, 1.54) is 0 Å². The van der Waals surface area contributed by atoms with Crippen LogP contribution in [0.3, 0.4) is 0 Å². The topological polar surface area (TPSA) is 62.3 Å². The zero-order valence-corrected chi connectivity index (χ0v) is 14.0. The molecule has 6 heteroatoms. The van der Waals surface area contributed by atoms with Crippen LogP contribution in [0.5, 0.6) is 0 Å². The standard InChI is InChI=1S/C17H19N3O2S/c1-11-7-8-18-14(10-11)19-17(22)12-5-6-15(21)20(2)16(12)13-4-3-9-23-13/h3-4,7-10,12,16H,5-6H2,1-2H3,(H,18,19,22). The third-order valence-electron chi connectivity index (χ3n) is 4.20. The first kappa shape index (κ1) is 15.7. The second-order valence-corrected chi connectivity index (χ2v) is 6.80. The summed E-state index contributed by atoms with van der Waals surface area (Å²) < 4.78 is 0. The first-order valence-electron chi connectivity index (χ1n) is 7.59. The molecule has 120 valence electrons. The van der Waals surface area contributed by atoms with Crippen LogP contribution in [0.2, 0.25) is 0 Å². The Morgan fingerprint density at radius 3 is 2.96 bits per heavy atom. The Labute approximate surface area is 139 Å². The Kier molecular flexibility index (Phi) is 4.43. The van der Waals surface area contributed by atoms with E-state index in [9.17, 15) is 9.59 Å². The van der Waals surface area contributed by atoms with Crippen molar-refractivity contribution in [1.29, 1.82) is 0 Å². The van der Waals surface area contributed by atoms with Crippen molar-refractivity contribution in [1.82, 2.24) is 9.88 Å². The molecule has 0 radical (unpaired) electrons. The number of aromatic nitrogens is 1. The maximum absolute atomic E-state index is 12.8. The molecule has 1 fully saturated rings. The molecule has 2 amide bonds. The summed E-state index contributed by atoms with van der Waals surface area (Å²) in [5.74, 6) is 0.292. The minimum atomic E-state index is -0.265. The average molecular weight is 329 g/mol. The lowest BCUT2D eigenvalue weighted by molar-refractivity contribution is -0.140. The number of nitrogens with one attached hydrogen (secondary N) is 1. The third kappa shape index (κ3) is 3.27. The highest BCUT2D eigenvalue weighted by atomic mass is 32.1. The minimum Gasteiger partial charge on any atom is -0.337 e. The summed E-state index contributed by atoms with van der Waals surface area (Å²) in [6.07, 6.45) is 2.64. The number of rotatable bonds is 3. The van der Waals surface area contributed by atoms with Crippen LogP contribution in [0, 0.1) is 12.8 Å². The molecule has 0 aliphatic carbocycles. The predicted octanol–water partition coefficient (Wildman–Crippen LogP) is 3.00. The Bertz CT molecular complexity index is 714. The van der Waals surface area contributed by atoms with E-state index >= 15 is 0 Å². The molecule has 0 saturated carbocycles. The highest BCUT2D eigenvalue weighted by molar-refractivity contribution is 7.10. The van der Waals surface area contributed by atoms with Gasteiger partial charge in [0.1, 0.15) is 5.82 Å². The van der Waals surface area contributed by atoms with Gasteiger partial charge in [0, 0.05) is 24.5 Å². The molecule has 2 atom stereocenters. The van der Waals surface area contributed by atoms with Crippen molar-refractivity contribution in [3.8, 4) is 0 Å². The second-order valence-electron chi connectivity index (χ2n) is 5.82. The van der Waals surface area contributed by atoms with Gasteiger partial charge >= 0.3 is 0 Å². The number of aryl methyl sites for hydroxylation is 1. The van der Waals surface area contributed by atoms with Crippen LogP contribution in [0.4, 0.5) is 5.82 Å². The number of thiophene rings is 1. The molecule has 0 aromatic carbocycles. The van der Waals surface area contributed by atoms with E-state index in [2.05, 4.69) is 10.3 Å². The lowest BCUT2D eigenvalue weighted by Crippen LogP contribution is -2.44. The molecule has 2 unspecified atom stereocenters. The largest absolute Gasteiger partial charge is 0.337 e. The number of amides is 2. The van der Waals surface area contributed by atoms with E-state index in [1.807, 2.05) is 36.6 Å². The van der Waals surface area contributed by atoms with Crippen molar-refractivity contribution in [2.75, 3.05) is 12.4 Å². The maximum atomic E-state index is 12.8. The molecule has 1 N–H and O–H groups in total. The van der Waals surface area contributed by atoms with Gasteiger partial charge in [-0.1, -0.05) is 6.07 Å². The SMILES string of the molecule is Cc1ccnc(NC(=O)C2CCC(=O)N(C)C2c2cccs2)c1. The van der Waals surface area contributed by atoms with E-state index in [0.717, 1.165) is 10.4 Å². The number of carbonyl (C=O) groups is 2. The highest BCUT2D eigenvalue weighted by Gasteiger charge is 2.39. The fraction of sp³-hybridized carbons (Fsp3) is 0.353. The van der Waals surface area contributed by atoms with E-state index in [0.29, 0.717) is 18.7 Å².